The van der Waals surface area contributed by atoms with Crippen LogP contribution in [0.3, 0.4) is 0 Å². The number of carbonyl (C=O) groups excluding carboxylic acids is 1. The van der Waals surface area contributed by atoms with Gasteiger partial charge < -0.3 is 4.74 Å². The third kappa shape index (κ3) is 3.59. The number of rotatable bonds is 4. The van der Waals surface area contributed by atoms with Crippen LogP contribution in [0.4, 0.5) is 13.2 Å². The lowest BCUT2D eigenvalue weighted by atomic mass is 10.1. The quantitative estimate of drug-likeness (QED) is 0.622. The molecule has 0 aromatic carbocycles. The fourth-order valence-electron chi connectivity index (χ4n) is 1.20. The largest absolute Gasteiger partial charge is 0.466 e. The molecular formula is C10H9ClF3NO2. The number of hydrogen-bond acceptors (Lipinski definition) is 3. The summed E-state index contributed by atoms with van der Waals surface area (Å²) in [6.07, 6.45) is -3.40. The van der Waals surface area contributed by atoms with Gasteiger partial charge in [0.2, 0.25) is 0 Å². The molecule has 0 saturated carbocycles. The lowest BCUT2D eigenvalue weighted by Crippen LogP contribution is -2.11. The van der Waals surface area contributed by atoms with Crippen molar-refractivity contribution in [1.29, 1.82) is 0 Å². The fourth-order valence-corrected chi connectivity index (χ4v) is 1.35. The van der Waals surface area contributed by atoms with Gasteiger partial charge in [-0.05, 0) is 13.0 Å². The molecule has 1 rings (SSSR count). The molecule has 0 saturated heterocycles. The highest BCUT2D eigenvalue weighted by atomic mass is 35.5. The Morgan fingerprint density at radius 2 is 2.24 bits per heavy atom. The molecule has 0 aliphatic carbocycles. The third-order valence-electron chi connectivity index (χ3n) is 1.90. The van der Waals surface area contributed by atoms with Crippen LogP contribution in [-0.4, -0.2) is 17.6 Å². The molecular weight excluding hydrogens is 259 g/mol. The minimum absolute atomic E-state index is 0.123. The van der Waals surface area contributed by atoms with Crippen LogP contribution >= 0.6 is 11.6 Å². The zero-order valence-electron chi connectivity index (χ0n) is 8.84. The predicted octanol–water partition coefficient (Wildman–Crippen LogP) is 2.92. The number of pyridine rings is 1. The highest BCUT2D eigenvalue weighted by molar-refractivity contribution is 6.29. The van der Waals surface area contributed by atoms with Crippen molar-refractivity contribution in [2.45, 2.75) is 19.8 Å². The van der Waals surface area contributed by atoms with E-state index in [1.165, 1.54) is 0 Å². The lowest BCUT2D eigenvalue weighted by Gasteiger charge is -2.08. The van der Waals surface area contributed by atoms with Crippen LogP contribution in [0.25, 0.3) is 0 Å². The summed E-state index contributed by atoms with van der Waals surface area (Å²) in [5.41, 5.74) is -0.926. The second-order valence-electron chi connectivity index (χ2n) is 3.08. The van der Waals surface area contributed by atoms with Gasteiger partial charge in [0.05, 0.1) is 18.7 Å². The van der Waals surface area contributed by atoms with Gasteiger partial charge in [0.15, 0.2) is 11.0 Å². The average Bonchev–Trinajstić information content (AvgIpc) is 2.23. The van der Waals surface area contributed by atoms with E-state index in [-0.39, 0.29) is 12.3 Å². The summed E-state index contributed by atoms with van der Waals surface area (Å²) in [6.45, 7) is 1.70. The summed E-state index contributed by atoms with van der Waals surface area (Å²) in [4.78, 5) is 14.6. The minimum atomic E-state index is -2.93. The fraction of sp³-hybridized carbons (Fsp3) is 0.400. The van der Waals surface area contributed by atoms with Crippen molar-refractivity contribution < 1.29 is 22.7 Å². The van der Waals surface area contributed by atoms with Crippen molar-refractivity contribution in [1.82, 2.24) is 4.98 Å². The van der Waals surface area contributed by atoms with Crippen LogP contribution in [0.1, 0.15) is 24.6 Å². The van der Waals surface area contributed by atoms with Crippen LogP contribution < -0.4 is 0 Å². The van der Waals surface area contributed by atoms with Gasteiger partial charge in [-0.15, -0.1) is 0 Å². The molecule has 94 valence electrons. The molecule has 1 heterocycles. The Morgan fingerprint density at radius 3 is 2.76 bits per heavy atom. The Labute approximate surface area is 101 Å². The Hall–Kier alpha value is -1.30. The van der Waals surface area contributed by atoms with E-state index >= 15 is 0 Å². The summed E-state index contributed by atoms with van der Waals surface area (Å²) < 4.78 is 42.7. The van der Waals surface area contributed by atoms with Crippen LogP contribution in [0.5, 0.6) is 0 Å². The molecule has 1 aromatic heterocycles. The third-order valence-corrected chi connectivity index (χ3v) is 2.16. The molecule has 7 heteroatoms. The molecule has 0 radical (unpaired) electrons. The molecule has 0 spiro atoms. The van der Waals surface area contributed by atoms with Gasteiger partial charge in [-0.3, -0.25) is 4.79 Å². The van der Waals surface area contributed by atoms with Gasteiger partial charge in [-0.25, -0.2) is 18.2 Å². The van der Waals surface area contributed by atoms with E-state index in [1.807, 2.05) is 0 Å². The maximum atomic E-state index is 13.0. The van der Waals surface area contributed by atoms with Crippen LogP contribution in [-0.2, 0) is 16.0 Å². The SMILES string of the molecule is CCOC(=O)Cc1nc(Cl)c(F)cc1C(F)F. The van der Waals surface area contributed by atoms with E-state index in [1.54, 1.807) is 6.92 Å². The van der Waals surface area contributed by atoms with E-state index in [2.05, 4.69) is 9.72 Å². The molecule has 0 fully saturated rings. The molecule has 0 amide bonds. The number of alkyl halides is 2. The van der Waals surface area contributed by atoms with Crippen LogP contribution in [0, 0.1) is 5.82 Å². The van der Waals surface area contributed by atoms with E-state index in [9.17, 15) is 18.0 Å². The van der Waals surface area contributed by atoms with Crippen LogP contribution in [0.15, 0.2) is 6.07 Å². The lowest BCUT2D eigenvalue weighted by molar-refractivity contribution is -0.142. The molecule has 0 aliphatic rings. The molecule has 0 bridgehead atoms. The standard InChI is InChI=1S/C10H9ClF3NO2/c1-2-17-8(16)4-7-5(10(13)14)3-6(12)9(11)15-7/h3,10H,2,4H2,1H3. The van der Waals surface area contributed by atoms with Crippen molar-refractivity contribution in [3.8, 4) is 0 Å². The number of carbonyl (C=O) groups is 1. The van der Waals surface area contributed by atoms with Crippen molar-refractivity contribution in [2.24, 2.45) is 0 Å². The Balaban J connectivity index is 3.04. The van der Waals surface area contributed by atoms with Gasteiger partial charge in [0.25, 0.3) is 6.43 Å². The molecule has 1 aromatic rings. The summed E-state index contributed by atoms with van der Waals surface area (Å²) >= 11 is 5.37. The monoisotopic (exact) mass is 267 g/mol. The number of halogens is 4. The summed E-state index contributed by atoms with van der Waals surface area (Å²) in [7, 11) is 0. The normalized spacial score (nSPS) is 10.7. The topological polar surface area (TPSA) is 39.2 Å². The van der Waals surface area contributed by atoms with Crippen molar-refractivity contribution in [3.63, 3.8) is 0 Å². The molecule has 0 unspecified atom stereocenters. The first-order chi connectivity index (χ1) is 7.95. The molecule has 0 aliphatic heterocycles. The van der Waals surface area contributed by atoms with E-state index in [0.717, 1.165) is 0 Å². The molecule has 17 heavy (non-hydrogen) atoms. The number of hydrogen-bond donors (Lipinski definition) is 0. The van der Waals surface area contributed by atoms with Crippen LogP contribution in [0.2, 0.25) is 5.15 Å². The van der Waals surface area contributed by atoms with E-state index < -0.39 is 35.3 Å². The van der Waals surface area contributed by atoms with Gasteiger partial charge in [0, 0.05) is 5.56 Å². The summed E-state index contributed by atoms with van der Waals surface area (Å²) in [5.74, 6) is -1.76. The maximum Gasteiger partial charge on any atom is 0.311 e. The smallest absolute Gasteiger partial charge is 0.311 e. The Kier molecular flexibility index (Phi) is 4.74. The number of esters is 1. The van der Waals surface area contributed by atoms with Crippen molar-refractivity contribution >= 4 is 17.6 Å². The number of nitrogens with zero attached hydrogens (tertiary/aromatic N) is 1. The van der Waals surface area contributed by atoms with Crippen molar-refractivity contribution in [2.75, 3.05) is 6.61 Å². The first kappa shape index (κ1) is 13.8. The molecule has 0 N–H and O–H groups in total. The van der Waals surface area contributed by atoms with Gasteiger partial charge in [0.1, 0.15) is 0 Å². The van der Waals surface area contributed by atoms with Gasteiger partial charge in [-0.1, -0.05) is 11.6 Å². The summed E-state index contributed by atoms with van der Waals surface area (Å²) in [5, 5.41) is -0.548. The Morgan fingerprint density at radius 1 is 1.59 bits per heavy atom. The zero-order valence-corrected chi connectivity index (χ0v) is 9.60. The molecule has 0 atom stereocenters. The highest BCUT2D eigenvalue weighted by Gasteiger charge is 2.20. The maximum absolute atomic E-state index is 13.0. The Bertz CT molecular complexity index is 426. The summed E-state index contributed by atoms with van der Waals surface area (Å²) in [6, 6.07) is 0.578. The zero-order chi connectivity index (χ0) is 13.0. The van der Waals surface area contributed by atoms with Gasteiger partial charge in [-0.2, -0.15) is 0 Å². The second-order valence-corrected chi connectivity index (χ2v) is 3.44. The molecule has 3 nitrogen and oxygen atoms in total. The first-order valence-corrected chi connectivity index (χ1v) is 5.12. The highest BCUT2D eigenvalue weighted by Crippen LogP contribution is 2.26. The number of aromatic nitrogens is 1. The minimum Gasteiger partial charge on any atom is -0.466 e. The van der Waals surface area contributed by atoms with Crippen molar-refractivity contribution in [3.05, 3.63) is 28.3 Å². The second kappa shape index (κ2) is 5.86. The van der Waals surface area contributed by atoms with Gasteiger partial charge >= 0.3 is 5.97 Å². The van der Waals surface area contributed by atoms with E-state index in [4.69, 9.17) is 11.6 Å². The number of ether oxygens (including phenoxy) is 1. The first-order valence-electron chi connectivity index (χ1n) is 4.74. The predicted molar refractivity (Wildman–Crippen MR) is 54.5 cm³/mol. The average molecular weight is 268 g/mol. The van der Waals surface area contributed by atoms with E-state index in [0.29, 0.717) is 6.07 Å².